The molecule has 0 saturated heterocycles. The van der Waals surface area contributed by atoms with Crippen molar-refractivity contribution in [3.8, 4) is 11.1 Å². The molecule has 0 aliphatic carbocycles. The lowest BCUT2D eigenvalue weighted by Crippen LogP contribution is -2.50. The summed E-state index contributed by atoms with van der Waals surface area (Å²) >= 11 is 7.22. The highest BCUT2D eigenvalue weighted by molar-refractivity contribution is 7.98. The molecule has 0 aliphatic heterocycles. The fourth-order valence-electron chi connectivity index (χ4n) is 3.21. The van der Waals surface area contributed by atoms with E-state index in [4.69, 9.17) is 11.6 Å². The van der Waals surface area contributed by atoms with Crippen LogP contribution in [0.4, 0.5) is 0 Å². The molecule has 3 aromatic rings. The highest BCUT2D eigenvalue weighted by Gasteiger charge is 2.47. The third kappa shape index (κ3) is 5.13. The summed E-state index contributed by atoms with van der Waals surface area (Å²) in [6.07, 6.45) is 2.97. The predicted octanol–water partition coefficient (Wildman–Crippen LogP) is 3.60. The van der Waals surface area contributed by atoms with Gasteiger partial charge in [-0.15, -0.1) is 11.8 Å². The number of sulfone groups is 1. The van der Waals surface area contributed by atoms with Crippen LogP contribution in [0.2, 0.25) is 5.02 Å². The van der Waals surface area contributed by atoms with Crippen LogP contribution in [0.15, 0.2) is 77.8 Å². The molecule has 0 radical (unpaired) electrons. The Morgan fingerprint density at radius 1 is 1.12 bits per heavy atom. The number of hydrogen-bond donors (Lipinski definition) is 2. The second-order valence-electron chi connectivity index (χ2n) is 6.96. The van der Waals surface area contributed by atoms with Gasteiger partial charge >= 0.3 is 0 Å². The van der Waals surface area contributed by atoms with Crippen LogP contribution in [0.5, 0.6) is 0 Å². The third-order valence-corrected chi connectivity index (χ3v) is 7.23. The number of benzene rings is 2. The van der Waals surface area contributed by atoms with Gasteiger partial charge in [-0.05, 0) is 36.1 Å². The minimum absolute atomic E-state index is 0.146. The summed E-state index contributed by atoms with van der Waals surface area (Å²) in [5.41, 5.74) is -1.82. The molecule has 1 unspecified atom stereocenters. The molecule has 3 rings (SSSR count). The van der Waals surface area contributed by atoms with E-state index in [1.165, 1.54) is 24.4 Å². The second-order valence-corrected chi connectivity index (χ2v) is 10.2. The molecule has 0 bridgehead atoms. The monoisotopic (exact) mass is 492 g/mol. The number of aliphatic hydroxyl groups is 1. The first kappa shape index (κ1) is 24.2. The van der Waals surface area contributed by atoms with Crippen molar-refractivity contribution in [3.05, 3.63) is 83.6 Å². The highest BCUT2D eigenvalue weighted by atomic mass is 35.5. The van der Waals surface area contributed by atoms with Crippen molar-refractivity contribution in [1.29, 1.82) is 0 Å². The Kier molecular flexibility index (Phi) is 7.58. The SMILES string of the molecule is CSCN(O)C(=O)C(O)(CS(=O)(=O)c1cc(Cl)ccc1-c1ccccc1)c1ccccn1. The molecule has 7 nitrogen and oxygen atoms in total. The molecule has 1 atom stereocenters. The summed E-state index contributed by atoms with van der Waals surface area (Å²) in [4.78, 5) is 16.8. The van der Waals surface area contributed by atoms with Crippen LogP contribution in [-0.4, -0.2) is 52.6 Å². The maximum atomic E-state index is 13.5. The molecule has 2 aromatic carbocycles. The summed E-state index contributed by atoms with van der Waals surface area (Å²) < 4.78 is 27.1. The van der Waals surface area contributed by atoms with E-state index in [-0.39, 0.29) is 26.6 Å². The molecule has 10 heteroatoms. The van der Waals surface area contributed by atoms with Crippen LogP contribution in [0, 0.1) is 0 Å². The van der Waals surface area contributed by atoms with E-state index in [0.717, 1.165) is 11.8 Å². The van der Waals surface area contributed by atoms with E-state index in [0.29, 0.717) is 11.1 Å². The number of thioether (sulfide) groups is 1. The van der Waals surface area contributed by atoms with E-state index in [9.17, 15) is 23.5 Å². The largest absolute Gasteiger partial charge is 0.373 e. The molecule has 1 aromatic heterocycles. The molecular weight excluding hydrogens is 472 g/mol. The molecule has 32 heavy (non-hydrogen) atoms. The second kappa shape index (κ2) is 10.0. The van der Waals surface area contributed by atoms with Crippen molar-refractivity contribution >= 4 is 39.1 Å². The minimum Gasteiger partial charge on any atom is -0.373 e. The van der Waals surface area contributed by atoms with Gasteiger partial charge in [0.2, 0.25) is 5.60 Å². The Morgan fingerprint density at radius 3 is 2.44 bits per heavy atom. The zero-order chi connectivity index (χ0) is 23.4. The first-order chi connectivity index (χ1) is 15.2. The summed E-state index contributed by atoms with van der Waals surface area (Å²) in [7, 11) is -4.30. The predicted molar refractivity (Wildman–Crippen MR) is 124 cm³/mol. The fraction of sp³-hybridized carbons (Fsp3) is 0.182. The van der Waals surface area contributed by atoms with Gasteiger partial charge in [-0.25, -0.2) is 13.5 Å². The van der Waals surface area contributed by atoms with Crippen LogP contribution in [0.1, 0.15) is 5.69 Å². The van der Waals surface area contributed by atoms with Crippen molar-refractivity contribution in [3.63, 3.8) is 0 Å². The maximum Gasteiger partial charge on any atom is 0.286 e. The molecule has 0 saturated carbocycles. The summed E-state index contributed by atoms with van der Waals surface area (Å²) in [5, 5.41) is 21.9. The Morgan fingerprint density at radius 2 is 1.81 bits per heavy atom. The molecular formula is C22H21ClN2O5S2. The van der Waals surface area contributed by atoms with Gasteiger partial charge in [0.1, 0.15) is 0 Å². The zero-order valence-corrected chi connectivity index (χ0v) is 19.4. The number of hydroxylamine groups is 2. The average molecular weight is 493 g/mol. The van der Waals surface area contributed by atoms with Gasteiger partial charge in [-0.2, -0.15) is 0 Å². The molecule has 0 fully saturated rings. The van der Waals surface area contributed by atoms with Gasteiger partial charge in [-0.3, -0.25) is 15.0 Å². The van der Waals surface area contributed by atoms with E-state index in [1.807, 2.05) is 0 Å². The van der Waals surface area contributed by atoms with Crippen molar-refractivity contribution in [2.45, 2.75) is 10.5 Å². The summed E-state index contributed by atoms with van der Waals surface area (Å²) in [5.74, 6) is -2.40. The Hall–Kier alpha value is -2.43. The molecule has 1 amide bonds. The smallest absolute Gasteiger partial charge is 0.286 e. The summed E-state index contributed by atoms with van der Waals surface area (Å²) in [6.45, 7) is 0. The first-order valence-corrected chi connectivity index (χ1v) is 12.8. The quantitative estimate of drug-likeness (QED) is 0.281. The zero-order valence-electron chi connectivity index (χ0n) is 17.1. The Bertz CT molecular complexity index is 1190. The molecule has 0 spiro atoms. The number of rotatable bonds is 8. The van der Waals surface area contributed by atoms with Crippen molar-refractivity contribution in [2.24, 2.45) is 0 Å². The van der Waals surface area contributed by atoms with Crippen LogP contribution >= 0.6 is 23.4 Å². The van der Waals surface area contributed by atoms with Crippen molar-refractivity contribution in [2.75, 3.05) is 17.9 Å². The van der Waals surface area contributed by atoms with Crippen LogP contribution < -0.4 is 0 Å². The lowest BCUT2D eigenvalue weighted by Gasteiger charge is -2.29. The van der Waals surface area contributed by atoms with Crippen molar-refractivity contribution in [1.82, 2.24) is 10.0 Å². The first-order valence-electron chi connectivity index (χ1n) is 9.40. The number of aromatic nitrogens is 1. The van der Waals surface area contributed by atoms with E-state index < -0.39 is 27.1 Å². The van der Waals surface area contributed by atoms with Gasteiger partial charge < -0.3 is 5.11 Å². The Balaban J connectivity index is 2.13. The number of carbonyl (C=O) groups is 1. The fourth-order valence-corrected chi connectivity index (χ4v) is 5.61. The number of nitrogens with zero attached hydrogens (tertiary/aromatic N) is 2. The van der Waals surface area contributed by atoms with Crippen LogP contribution in [-0.2, 0) is 20.2 Å². The molecule has 2 N–H and O–H groups in total. The number of pyridine rings is 1. The lowest BCUT2D eigenvalue weighted by molar-refractivity contribution is -0.181. The van der Waals surface area contributed by atoms with E-state index in [2.05, 4.69) is 4.98 Å². The van der Waals surface area contributed by atoms with Gasteiger partial charge in [0.25, 0.3) is 5.91 Å². The number of carbonyl (C=O) groups excluding carboxylic acids is 1. The molecule has 1 heterocycles. The minimum atomic E-state index is -4.30. The normalized spacial score (nSPS) is 13.4. The lowest BCUT2D eigenvalue weighted by atomic mass is 10.0. The van der Waals surface area contributed by atoms with Crippen LogP contribution in [0.25, 0.3) is 11.1 Å². The van der Waals surface area contributed by atoms with E-state index >= 15 is 0 Å². The van der Waals surface area contributed by atoms with E-state index in [1.54, 1.807) is 54.8 Å². The third-order valence-electron chi connectivity index (χ3n) is 4.69. The number of halogens is 1. The van der Waals surface area contributed by atoms with Crippen molar-refractivity contribution < 1.29 is 23.5 Å². The average Bonchev–Trinajstić information content (AvgIpc) is 2.79. The topological polar surface area (TPSA) is 108 Å². The number of amides is 1. The Labute approximate surface area is 195 Å². The highest BCUT2D eigenvalue weighted by Crippen LogP contribution is 2.34. The number of hydrogen-bond acceptors (Lipinski definition) is 7. The van der Waals surface area contributed by atoms with Gasteiger partial charge in [-0.1, -0.05) is 54.1 Å². The van der Waals surface area contributed by atoms with Gasteiger partial charge in [0.15, 0.2) is 9.84 Å². The van der Waals surface area contributed by atoms with Crippen LogP contribution in [0.3, 0.4) is 0 Å². The standard InChI is InChI=1S/C22H21ClN2O5S2/c1-31-15-25(28)21(26)22(27,20-9-5-6-12-24-20)14-32(29,30)19-13-17(23)10-11-18(19)16-7-3-2-4-8-16/h2-13,27-28H,14-15H2,1H3. The summed E-state index contributed by atoms with van der Waals surface area (Å²) in [6, 6.07) is 17.6. The van der Waals surface area contributed by atoms with Gasteiger partial charge in [0, 0.05) is 16.8 Å². The molecule has 0 aliphatic rings. The maximum absolute atomic E-state index is 13.5. The molecule has 168 valence electrons. The van der Waals surface area contributed by atoms with Gasteiger partial charge in [0.05, 0.1) is 22.2 Å².